The van der Waals surface area contributed by atoms with E-state index in [0.29, 0.717) is 37.0 Å². The number of nitrogens with zero attached hydrogens (tertiary/aromatic N) is 1. The van der Waals surface area contributed by atoms with E-state index in [2.05, 4.69) is 22.5 Å². The maximum Gasteiger partial charge on any atom is 0.234 e. The normalized spacial score (nSPS) is 23.5. The van der Waals surface area contributed by atoms with Gasteiger partial charge in [-0.25, -0.2) is 4.39 Å². The Morgan fingerprint density at radius 1 is 1.10 bits per heavy atom. The summed E-state index contributed by atoms with van der Waals surface area (Å²) in [5.74, 6) is 0.466. The van der Waals surface area contributed by atoms with Crippen molar-refractivity contribution in [2.75, 3.05) is 26.2 Å². The van der Waals surface area contributed by atoms with Crippen LogP contribution in [0.1, 0.15) is 51.0 Å². The fourth-order valence-corrected chi connectivity index (χ4v) is 4.51. The molecule has 1 aliphatic carbocycles. The second-order valence-corrected chi connectivity index (χ2v) is 8.62. The van der Waals surface area contributed by atoms with Gasteiger partial charge in [0.2, 0.25) is 11.8 Å². The molecule has 1 saturated heterocycles. The molecule has 1 aliphatic heterocycles. The Morgan fingerprint density at radius 3 is 2.55 bits per heavy atom. The third kappa shape index (κ3) is 6.53. The average molecular weight is 404 g/mol. The van der Waals surface area contributed by atoms with Crippen molar-refractivity contribution in [2.24, 2.45) is 11.8 Å². The van der Waals surface area contributed by atoms with E-state index < -0.39 is 0 Å². The average Bonchev–Trinajstić information content (AvgIpc) is 2.71. The number of amides is 2. The molecule has 1 aromatic rings. The standard InChI is InChI=1S/C23H34FN3O2/c1-17-6-2-5-9-21(17)26-22(28)16-27-14-11-19(12-15-27)23(29)25-13-10-18-7-3-4-8-20(18)24/h3-4,7-8,17,19,21H,2,5-6,9-16H2,1H3,(H,25,29)(H,26,28). The topological polar surface area (TPSA) is 61.4 Å². The molecule has 1 aromatic carbocycles. The van der Waals surface area contributed by atoms with Crippen molar-refractivity contribution < 1.29 is 14.0 Å². The molecule has 2 aliphatic rings. The third-order valence-electron chi connectivity index (χ3n) is 6.43. The summed E-state index contributed by atoms with van der Waals surface area (Å²) in [5, 5.41) is 6.15. The van der Waals surface area contributed by atoms with E-state index in [9.17, 15) is 14.0 Å². The SMILES string of the molecule is CC1CCCCC1NC(=O)CN1CCC(C(=O)NCCc2ccccc2F)CC1. The zero-order valence-electron chi connectivity index (χ0n) is 17.5. The zero-order valence-corrected chi connectivity index (χ0v) is 17.5. The van der Waals surface area contributed by atoms with Crippen LogP contribution in [-0.2, 0) is 16.0 Å². The highest BCUT2D eigenvalue weighted by Crippen LogP contribution is 2.24. The van der Waals surface area contributed by atoms with E-state index in [-0.39, 0.29) is 23.5 Å². The first-order valence-corrected chi connectivity index (χ1v) is 11.1. The van der Waals surface area contributed by atoms with Gasteiger partial charge >= 0.3 is 0 Å². The Labute approximate surface area is 173 Å². The van der Waals surface area contributed by atoms with Crippen molar-refractivity contribution in [1.29, 1.82) is 0 Å². The van der Waals surface area contributed by atoms with Gasteiger partial charge in [0.25, 0.3) is 0 Å². The zero-order chi connectivity index (χ0) is 20.6. The number of benzene rings is 1. The molecule has 2 N–H and O–H groups in total. The Hall–Kier alpha value is -1.95. The van der Waals surface area contributed by atoms with Crippen LogP contribution in [0.5, 0.6) is 0 Å². The smallest absolute Gasteiger partial charge is 0.234 e. The van der Waals surface area contributed by atoms with Crippen LogP contribution in [0.15, 0.2) is 24.3 Å². The first-order valence-electron chi connectivity index (χ1n) is 11.1. The van der Waals surface area contributed by atoms with Gasteiger partial charge < -0.3 is 10.6 Å². The fraction of sp³-hybridized carbons (Fsp3) is 0.652. The monoisotopic (exact) mass is 403 g/mol. The van der Waals surface area contributed by atoms with E-state index in [1.54, 1.807) is 18.2 Å². The van der Waals surface area contributed by atoms with Crippen LogP contribution in [0, 0.1) is 17.7 Å². The minimum atomic E-state index is -0.226. The van der Waals surface area contributed by atoms with Crippen LogP contribution >= 0.6 is 0 Å². The predicted octanol–water partition coefficient (Wildman–Crippen LogP) is 2.89. The minimum absolute atomic E-state index is 0.0201. The van der Waals surface area contributed by atoms with Crippen LogP contribution in [0.3, 0.4) is 0 Å². The molecule has 1 saturated carbocycles. The van der Waals surface area contributed by atoms with Gasteiger partial charge in [-0.1, -0.05) is 38.0 Å². The molecule has 1 heterocycles. The number of hydrogen-bond donors (Lipinski definition) is 2. The predicted molar refractivity (Wildman–Crippen MR) is 112 cm³/mol. The summed E-state index contributed by atoms with van der Waals surface area (Å²) in [7, 11) is 0. The number of rotatable bonds is 7. The second-order valence-electron chi connectivity index (χ2n) is 8.62. The number of hydrogen-bond acceptors (Lipinski definition) is 3. The molecule has 0 bridgehead atoms. The highest BCUT2D eigenvalue weighted by molar-refractivity contribution is 5.79. The van der Waals surface area contributed by atoms with Gasteiger partial charge in [0, 0.05) is 18.5 Å². The number of likely N-dealkylation sites (tertiary alicyclic amines) is 1. The Bertz CT molecular complexity index is 688. The van der Waals surface area contributed by atoms with Crippen molar-refractivity contribution in [3.05, 3.63) is 35.6 Å². The molecule has 160 valence electrons. The highest BCUT2D eigenvalue weighted by atomic mass is 19.1. The summed E-state index contributed by atoms with van der Waals surface area (Å²) in [6.45, 7) is 4.62. The lowest BCUT2D eigenvalue weighted by Gasteiger charge is -2.33. The van der Waals surface area contributed by atoms with Gasteiger partial charge in [-0.3, -0.25) is 14.5 Å². The highest BCUT2D eigenvalue weighted by Gasteiger charge is 2.27. The first kappa shape index (κ1) is 21.8. The van der Waals surface area contributed by atoms with E-state index in [0.717, 1.165) is 32.4 Å². The van der Waals surface area contributed by atoms with Crippen molar-refractivity contribution in [1.82, 2.24) is 15.5 Å². The molecule has 3 rings (SSSR count). The largest absolute Gasteiger partial charge is 0.356 e. The maximum atomic E-state index is 13.6. The number of nitrogens with one attached hydrogen (secondary N) is 2. The lowest BCUT2D eigenvalue weighted by atomic mass is 9.86. The van der Waals surface area contributed by atoms with Crippen LogP contribution < -0.4 is 10.6 Å². The molecule has 2 amide bonds. The van der Waals surface area contributed by atoms with E-state index in [1.165, 1.54) is 25.3 Å². The van der Waals surface area contributed by atoms with Gasteiger partial charge in [-0.2, -0.15) is 0 Å². The van der Waals surface area contributed by atoms with E-state index >= 15 is 0 Å². The van der Waals surface area contributed by atoms with Crippen molar-refractivity contribution >= 4 is 11.8 Å². The number of piperidine rings is 1. The van der Waals surface area contributed by atoms with Crippen LogP contribution in [0.2, 0.25) is 0 Å². The molecule has 29 heavy (non-hydrogen) atoms. The molecule has 6 heteroatoms. The molecule has 5 nitrogen and oxygen atoms in total. The molecule has 0 radical (unpaired) electrons. The molecule has 0 spiro atoms. The van der Waals surface area contributed by atoms with Gasteiger partial charge in [-0.15, -0.1) is 0 Å². The summed E-state index contributed by atoms with van der Waals surface area (Å²) in [4.78, 5) is 26.9. The number of carbonyl (C=O) groups is 2. The molecular weight excluding hydrogens is 369 g/mol. The van der Waals surface area contributed by atoms with Crippen molar-refractivity contribution in [2.45, 2.75) is 57.9 Å². The van der Waals surface area contributed by atoms with Crippen LogP contribution in [0.25, 0.3) is 0 Å². The summed E-state index contributed by atoms with van der Waals surface area (Å²) in [5.41, 5.74) is 0.626. The number of halogens is 1. The van der Waals surface area contributed by atoms with Crippen LogP contribution in [0.4, 0.5) is 4.39 Å². The summed E-state index contributed by atoms with van der Waals surface area (Å²) < 4.78 is 13.6. The fourth-order valence-electron chi connectivity index (χ4n) is 4.51. The first-order chi connectivity index (χ1) is 14.0. The van der Waals surface area contributed by atoms with E-state index in [1.807, 2.05) is 0 Å². The number of carbonyl (C=O) groups excluding carboxylic acids is 2. The minimum Gasteiger partial charge on any atom is -0.356 e. The Balaban J connectivity index is 1.33. The van der Waals surface area contributed by atoms with Crippen molar-refractivity contribution in [3.63, 3.8) is 0 Å². The van der Waals surface area contributed by atoms with Gasteiger partial charge in [0.05, 0.1) is 6.54 Å². The van der Waals surface area contributed by atoms with E-state index in [4.69, 9.17) is 0 Å². The summed E-state index contributed by atoms with van der Waals surface area (Å²) in [6, 6.07) is 6.98. The lowest BCUT2D eigenvalue weighted by Crippen LogP contribution is -2.48. The molecule has 2 unspecified atom stereocenters. The van der Waals surface area contributed by atoms with Crippen LogP contribution in [-0.4, -0.2) is 48.9 Å². The van der Waals surface area contributed by atoms with Gasteiger partial charge in [0.15, 0.2) is 0 Å². The van der Waals surface area contributed by atoms with Crippen molar-refractivity contribution in [3.8, 4) is 0 Å². The van der Waals surface area contributed by atoms with Gasteiger partial charge in [0.1, 0.15) is 5.82 Å². The summed E-state index contributed by atoms with van der Waals surface area (Å²) >= 11 is 0. The maximum absolute atomic E-state index is 13.6. The quantitative estimate of drug-likeness (QED) is 0.736. The summed E-state index contributed by atoms with van der Waals surface area (Å²) in [6.07, 6.45) is 6.77. The molecular formula is C23H34FN3O2. The van der Waals surface area contributed by atoms with Gasteiger partial charge in [-0.05, 0) is 62.7 Å². The second kappa shape index (κ2) is 10.7. The molecule has 2 fully saturated rings. The lowest BCUT2D eigenvalue weighted by molar-refractivity contribution is -0.127. The molecule has 2 atom stereocenters. The Kier molecular flexibility index (Phi) is 8.04. The third-order valence-corrected chi connectivity index (χ3v) is 6.43. The Morgan fingerprint density at radius 2 is 1.83 bits per heavy atom. The molecule has 0 aromatic heterocycles.